The fourth-order valence-corrected chi connectivity index (χ4v) is 3.55. The van der Waals surface area contributed by atoms with Crippen LogP contribution in [0.3, 0.4) is 0 Å². The summed E-state index contributed by atoms with van der Waals surface area (Å²) in [7, 11) is 0. The summed E-state index contributed by atoms with van der Waals surface area (Å²) in [5, 5.41) is 4.66. The molecule has 2 aliphatic rings. The molecule has 1 saturated heterocycles. The van der Waals surface area contributed by atoms with Crippen molar-refractivity contribution in [2.24, 2.45) is 0 Å². The molecule has 4 rings (SSSR count). The van der Waals surface area contributed by atoms with E-state index in [1.165, 1.54) is 5.01 Å². The predicted octanol–water partition coefficient (Wildman–Crippen LogP) is 2.58. The predicted molar refractivity (Wildman–Crippen MR) is 108 cm³/mol. The molecule has 144 valence electrons. The molecule has 6 heteroatoms. The third kappa shape index (κ3) is 3.39. The standard InChI is InChI=1S/C22H23N3O3/c1-2-12-28-20-9-8-15(19-14-23-11-10-17(19)20)13-18-21(26)24-25(22(18)27)16-6-4-3-5-7-16/h3-9,13,23H,2,10-12,14H2,1H3,(H,24,26)/b18-13+. The van der Waals surface area contributed by atoms with Gasteiger partial charge in [-0.25, -0.2) is 5.01 Å². The van der Waals surface area contributed by atoms with Crippen LogP contribution in [0, 0.1) is 0 Å². The van der Waals surface area contributed by atoms with Gasteiger partial charge in [0.2, 0.25) is 0 Å². The SMILES string of the molecule is CCCOc1ccc(/C=C2\C(=O)NN(c3ccccc3)C2=O)c2c1CCNC2. The quantitative estimate of drug-likeness (QED) is 0.621. The van der Waals surface area contributed by atoms with Gasteiger partial charge in [0.1, 0.15) is 11.3 Å². The van der Waals surface area contributed by atoms with Crippen molar-refractivity contribution in [3.63, 3.8) is 0 Å². The number of nitrogens with one attached hydrogen (secondary N) is 2. The zero-order valence-corrected chi connectivity index (χ0v) is 15.8. The van der Waals surface area contributed by atoms with Crippen molar-refractivity contribution in [1.82, 2.24) is 10.7 Å². The number of benzene rings is 2. The summed E-state index contributed by atoms with van der Waals surface area (Å²) in [5.74, 6) is 0.159. The van der Waals surface area contributed by atoms with Crippen LogP contribution < -0.4 is 20.5 Å². The number of fused-ring (bicyclic) bond motifs is 1. The lowest BCUT2D eigenvalue weighted by atomic mass is 9.93. The molecule has 0 spiro atoms. The van der Waals surface area contributed by atoms with Crippen molar-refractivity contribution >= 4 is 23.6 Å². The Hall–Kier alpha value is -3.12. The number of rotatable bonds is 5. The molecular formula is C22H23N3O3. The third-order valence-corrected chi connectivity index (χ3v) is 4.95. The maximum absolute atomic E-state index is 12.8. The van der Waals surface area contributed by atoms with Crippen LogP contribution in [0.1, 0.15) is 30.0 Å². The maximum Gasteiger partial charge on any atom is 0.282 e. The molecule has 2 amide bonds. The Bertz CT molecular complexity index is 938. The van der Waals surface area contributed by atoms with Gasteiger partial charge in [0, 0.05) is 12.1 Å². The van der Waals surface area contributed by atoms with Crippen LogP contribution in [-0.2, 0) is 22.6 Å². The van der Waals surface area contributed by atoms with E-state index in [0.717, 1.165) is 41.8 Å². The normalized spacial score (nSPS) is 17.6. The molecule has 28 heavy (non-hydrogen) atoms. The number of para-hydroxylation sites is 1. The second kappa shape index (κ2) is 7.86. The topological polar surface area (TPSA) is 70.7 Å². The van der Waals surface area contributed by atoms with Gasteiger partial charge in [0.05, 0.1) is 12.3 Å². The van der Waals surface area contributed by atoms with Crippen molar-refractivity contribution in [2.45, 2.75) is 26.3 Å². The van der Waals surface area contributed by atoms with Crippen molar-refractivity contribution in [1.29, 1.82) is 0 Å². The molecule has 0 unspecified atom stereocenters. The maximum atomic E-state index is 12.8. The summed E-state index contributed by atoms with van der Waals surface area (Å²) in [6, 6.07) is 13.0. The minimum absolute atomic E-state index is 0.138. The first kappa shape index (κ1) is 18.3. The first-order chi connectivity index (χ1) is 13.7. The van der Waals surface area contributed by atoms with Crippen molar-refractivity contribution in [3.05, 3.63) is 64.7 Å². The molecule has 1 fully saturated rings. The molecule has 0 radical (unpaired) electrons. The van der Waals surface area contributed by atoms with Crippen molar-refractivity contribution < 1.29 is 14.3 Å². The number of amides is 2. The van der Waals surface area contributed by atoms with Crippen LogP contribution in [0.25, 0.3) is 6.08 Å². The number of hydrogen-bond acceptors (Lipinski definition) is 4. The molecule has 6 nitrogen and oxygen atoms in total. The van der Waals surface area contributed by atoms with E-state index in [9.17, 15) is 9.59 Å². The Morgan fingerprint density at radius 3 is 2.71 bits per heavy atom. The smallest absolute Gasteiger partial charge is 0.282 e. The molecule has 0 aromatic heterocycles. The van der Waals surface area contributed by atoms with Gasteiger partial charge in [-0.3, -0.25) is 15.0 Å². The van der Waals surface area contributed by atoms with Crippen LogP contribution in [0.15, 0.2) is 48.0 Å². The van der Waals surface area contributed by atoms with Gasteiger partial charge in [-0.2, -0.15) is 0 Å². The van der Waals surface area contributed by atoms with E-state index in [2.05, 4.69) is 17.7 Å². The van der Waals surface area contributed by atoms with Gasteiger partial charge >= 0.3 is 0 Å². The molecule has 0 saturated carbocycles. The van der Waals surface area contributed by atoms with Gasteiger partial charge in [-0.05, 0) is 54.8 Å². The Morgan fingerprint density at radius 2 is 1.93 bits per heavy atom. The Balaban J connectivity index is 1.69. The summed E-state index contributed by atoms with van der Waals surface area (Å²) < 4.78 is 5.89. The number of nitrogens with zero attached hydrogens (tertiary/aromatic N) is 1. The van der Waals surface area contributed by atoms with Crippen LogP contribution >= 0.6 is 0 Å². The number of carbonyl (C=O) groups excluding carboxylic acids is 2. The molecule has 0 aliphatic carbocycles. The number of ether oxygens (including phenoxy) is 1. The average molecular weight is 377 g/mol. The van der Waals surface area contributed by atoms with Gasteiger partial charge in [0.25, 0.3) is 11.8 Å². The highest BCUT2D eigenvalue weighted by atomic mass is 16.5. The first-order valence-corrected chi connectivity index (χ1v) is 9.59. The van der Waals surface area contributed by atoms with E-state index >= 15 is 0 Å². The Labute approximate surface area is 164 Å². The van der Waals surface area contributed by atoms with E-state index < -0.39 is 5.91 Å². The number of hydrogen-bond donors (Lipinski definition) is 2. The van der Waals surface area contributed by atoms with Gasteiger partial charge in [-0.15, -0.1) is 0 Å². The molecular weight excluding hydrogens is 354 g/mol. The lowest BCUT2D eigenvalue weighted by Crippen LogP contribution is -2.35. The van der Waals surface area contributed by atoms with E-state index in [0.29, 0.717) is 18.8 Å². The van der Waals surface area contributed by atoms with E-state index in [-0.39, 0.29) is 11.5 Å². The van der Waals surface area contributed by atoms with Gasteiger partial charge < -0.3 is 10.1 Å². The number of carbonyl (C=O) groups is 2. The second-order valence-corrected chi connectivity index (χ2v) is 6.86. The molecule has 0 bridgehead atoms. The highest BCUT2D eigenvalue weighted by Gasteiger charge is 2.34. The Morgan fingerprint density at radius 1 is 1.11 bits per heavy atom. The summed E-state index contributed by atoms with van der Waals surface area (Å²) in [5.41, 5.74) is 6.54. The highest BCUT2D eigenvalue weighted by molar-refractivity contribution is 6.31. The van der Waals surface area contributed by atoms with E-state index in [4.69, 9.17) is 4.74 Å². The monoisotopic (exact) mass is 377 g/mol. The highest BCUT2D eigenvalue weighted by Crippen LogP contribution is 2.31. The fraction of sp³-hybridized carbons (Fsp3) is 0.273. The van der Waals surface area contributed by atoms with Crippen molar-refractivity contribution in [3.8, 4) is 5.75 Å². The van der Waals surface area contributed by atoms with Crippen LogP contribution in [0.4, 0.5) is 5.69 Å². The summed E-state index contributed by atoms with van der Waals surface area (Å²) in [4.78, 5) is 25.3. The number of anilines is 1. The van der Waals surface area contributed by atoms with Crippen LogP contribution in [-0.4, -0.2) is 25.0 Å². The van der Waals surface area contributed by atoms with E-state index in [1.807, 2.05) is 30.3 Å². The molecule has 2 aromatic carbocycles. The number of hydrazine groups is 1. The molecule has 2 heterocycles. The fourth-order valence-electron chi connectivity index (χ4n) is 3.55. The third-order valence-electron chi connectivity index (χ3n) is 4.95. The van der Waals surface area contributed by atoms with Gasteiger partial charge in [0.15, 0.2) is 0 Å². The summed E-state index contributed by atoms with van der Waals surface area (Å²) in [6.07, 6.45) is 3.50. The lowest BCUT2D eigenvalue weighted by molar-refractivity contribution is -0.117. The van der Waals surface area contributed by atoms with E-state index in [1.54, 1.807) is 18.2 Å². The molecule has 0 atom stereocenters. The molecule has 2 aliphatic heterocycles. The zero-order chi connectivity index (χ0) is 19.5. The van der Waals surface area contributed by atoms with Crippen LogP contribution in [0.5, 0.6) is 5.75 Å². The van der Waals surface area contributed by atoms with Crippen LogP contribution in [0.2, 0.25) is 0 Å². The average Bonchev–Trinajstić information content (AvgIpc) is 3.02. The van der Waals surface area contributed by atoms with Gasteiger partial charge in [-0.1, -0.05) is 31.2 Å². The second-order valence-electron chi connectivity index (χ2n) is 6.86. The first-order valence-electron chi connectivity index (χ1n) is 9.59. The molecule has 2 N–H and O–H groups in total. The van der Waals surface area contributed by atoms with Crippen molar-refractivity contribution in [2.75, 3.05) is 18.2 Å². The summed E-state index contributed by atoms with van der Waals surface area (Å²) >= 11 is 0. The Kier molecular flexibility index (Phi) is 5.12. The minimum Gasteiger partial charge on any atom is -0.493 e. The lowest BCUT2D eigenvalue weighted by Gasteiger charge is -2.22. The molecule has 2 aromatic rings. The summed E-state index contributed by atoms with van der Waals surface area (Å²) in [6.45, 7) is 4.33. The minimum atomic E-state index is -0.391. The zero-order valence-electron chi connectivity index (χ0n) is 15.8. The largest absolute Gasteiger partial charge is 0.493 e.